The Labute approximate surface area is 132 Å². The minimum Gasteiger partial charge on any atom is -0.493 e. The average molecular weight is 313 g/mol. The molecule has 0 radical (unpaired) electrons. The molecule has 0 saturated heterocycles. The molecule has 4 nitrogen and oxygen atoms in total. The third-order valence-electron chi connectivity index (χ3n) is 3.28. The maximum absolute atomic E-state index is 11.6. The van der Waals surface area contributed by atoms with Gasteiger partial charge in [-0.15, -0.1) is 0 Å². The Bertz CT molecular complexity index is 405. The van der Waals surface area contributed by atoms with Gasteiger partial charge in [-0.1, -0.05) is 25.4 Å². The summed E-state index contributed by atoms with van der Waals surface area (Å²) in [6.07, 6.45) is 1.35. The first kappa shape index (κ1) is 17.8. The van der Waals surface area contributed by atoms with E-state index in [1.54, 1.807) is 24.3 Å². The first-order valence-electron chi connectivity index (χ1n) is 7.53. The standard InChI is InChI=1S/C16H25ClN2O2/c1-3-19(4-2)12-5-11-18-16(20)10-13-21-15-8-6-14(17)7-9-15/h6-9H,3-5,10-13H2,1-2H3,(H,18,20). The molecule has 0 aliphatic carbocycles. The van der Waals surface area contributed by atoms with Gasteiger partial charge in [-0.3, -0.25) is 4.79 Å². The van der Waals surface area contributed by atoms with Crippen LogP contribution >= 0.6 is 11.6 Å². The Kier molecular flexibility index (Phi) is 8.87. The summed E-state index contributed by atoms with van der Waals surface area (Å²) in [4.78, 5) is 14.0. The molecule has 0 unspecified atom stereocenters. The van der Waals surface area contributed by atoms with Gasteiger partial charge in [0, 0.05) is 11.6 Å². The number of carbonyl (C=O) groups excluding carboxylic acids is 1. The van der Waals surface area contributed by atoms with E-state index in [1.807, 2.05) is 0 Å². The zero-order valence-electron chi connectivity index (χ0n) is 12.9. The molecule has 1 amide bonds. The highest BCUT2D eigenvalue weighted by molar-refractivity contribution is 6.30. The lowest BCUT2D eigenvalue weighted by Crippen LogP contribution is -2.30. The van der Waals surface area contributed by atoms with Crippen LogP contribution in [0.1, 0.15) is 26.7 Å². The number of amides is 1. The molecule has 0 aliphatic rings. The number of rotatable bonds is 10. The number of hydrogen-bond acceptors (Lipinski definition) is 3. The van der Waals surface area contributed by atoms with E-state index in [9.17, 15) is 4.79 Å². The molecule has 1 aromatic carbocycles. The van der Waals surface area contributed by atoms with Crippen molar-refractivity contribution in [2.24, 2.45) is 0 Å². The predicted octanol–water partition coefficient (Wildman–Crippen LogP) is 2.96. The molecule has 0 heterocycles. The van der Waals surface area contributed by atoms with E-state index in [1.165, 1.54) is 0 Å². The first-order valence-corrected chi connectivity index (χ1v) is 7.91. The molecule has 1 aromatic rings. The van der Waals surface area contributed by atoms with Crippen LogP contribution in [0.4, 0.5) is 0 Å². The monoisotopic (exact) mass is 312 g/mol. The largest absolute Gasteiger partial charge is 0.493 e. The van der Waals surface area contributed by atoms with Gasteiger partial charge in [0.1, 0.15) is 5.75 Å². The zero-order chi connectivity index (χ0) is 15.5. The Balaban J connectivity index is 2.07. The van der Waals surface area contributed by atoms with Crippen LogP contribution in [-0.2, 0) is 4.79 Å². The van der Waals surface area contributed by atoms with Crippen LogP contribution in [0, 0.1) is 0 Å². The first-order chi connectivity index (χ1) is 10.2. The van der Waals surface area contributed by atoms with Gasteiger partial charge in [0.15, 0.2) is 0 Å². The van der Waals surface area contributed by atoms with Crippen molar-refractivity contribution in [2.45, 2.75) is 26.7 Å². The Morgan fingerprint density at radius 3 is 2.52 bits per heavy atom. The molecule has 1 N–H and O–H groups in total. The smallest absolute Gasteiger partial charge is 0.223 e. The second-order valence-electron chi connectivity index (χ2n) is 4.78. The van der Waals surface area contributed by atoms with Crippen molar-refractivity contribution in [3.63, 3.8) is 0 Å². The topological polar surface area (TPSA) is 41.6 Å². The lowest BCUT2D eigenvalue weighted by molar-refractivity contribution is -0.121. The van der Waals surface area contributed by atoms with E-state index in [0.717, 1.165) is 38.3 Å². The summed E-state index contributed by atoms with van der Waals surface area (Å²) in [5.74, 6) is 0.761. The second kappa shape index (κ2) is 10.5. The molecule has 0 bridgehead atoms. The summed E-state index contributed by atoms with van der Waals surface area (Å²) in [5.41, 5.74) is 0. The van der Waals surface area contributed by atoms with Gasteiger partial charge in [0.2, 0.25) is 5.91 Å². The van der Waals surface area contributed by atoms with E-state index in [0.29, 0.717) is 18.1 Å². The van der Waals surface area contributed by atoms with Crippen molar-refractivity contribution < 1.29 is 9.53 Å². The summed E-state index contributed by atoms with van der Waals surface area (Å²) in [6, 6.07) is 7.13. The van der Waals surface area contributed by atoms with Gasteiger partial charge < -0.3 is 15.0 Å². The summed E-state index contributed by atoms with van der Waals surface area (Å²) in [7, 11) is 0. The third kappa shape index (κ3) is 7.93. The fourth-order valence-corrected chi connectivity index (χ4v) is 2.08. The Morgan fingerprint density at radius 2 is 1.90 bits per heavy atom. The Morgan fingerprint density at radius 1 is 1.24 bits per heavy atom. The highest BCUT2D eigenvalue weighted by Crippen LogP contribution is 2.15. The van der Waals surface area contributed by atoms with Crippen LogP contribution in [0.3, 0.4) is 0 Å². The molecule has 0 atom stereocenters. The number of hydrogen-bond donors (Lipinski definition) is 1. The number of nitrogens with one attached hydrogen (secondary N) is 1. The van der Waals surface area contributed by atoms with Gasteiger partial charge in [0.05, 0.1) is 13.0 Å². The molecule has 0 spiro atoms. The molecular formula is C16H25ClN2O2. The normalized spacial score (nSPS) is 10.7. The highest BCUT2D eigenvalue weighted by atomic mass is 35.5. The number of ether oxygens (including phenoxy) is 1. The molecule has 21 heavy (non-hydrogen) atoms. The van der Waals surface area contributed by atoms with Crippen LogP contribution in [0.25, 0.3) is 0 Å². The van der Waals surface area contributed by atoms with Gasteiger partial charge in [0.25, 0.3) is 0 Å². The lowest BCUT2D eigenvalue weighted by atomic mass is 10.3. The van der Waals surface area contributed by atoms with E-state index in [2.05, 4.69) is 24.1 Å². The van der Waals surface area contributed by atoms with Crippen molar-refractivity contribution in [1.29, 1.82) is 0 Å². The molecule has 1 rings (SSSR count). The van der Waals surface area contributed by atoms with Crippen LogP contribution in [0.2, 0.25) is 5.02 Å². The molecule has 0 aromatic heterocycles. The predicted molar refractivity (Wildman–Crippen MR) is 87.0 cm³/mol. The number of nitrogens with zero attached hydrogens (tertiary/aromatic N) is 1. The van der Waals surface area contributed by atoms with Crippen molar-refractivity contribution in [1.82, 2.24) is 10.2 Å². The number of halogens is 1. The lowest BCUT2D eigenvalue weighted by Gasteiger charge is -2.17. The van der Waals surface area contributed by atoms with Crippen molar-refractivity contribution in [2.75, 3.05) is 32.8 Å². The fraction of sp³-hybridized carbons (Fsp3) is 0.562. The van der Waals surface area contributed by atoms with Crippen molar-refractivity contribution >= 4 is 17.5 Å². The van der Waals surface area contributed by atoms with Crippen LogP contribution in [0.5, 0.6) is 5.75 Å². The molecular weight excluding hydrogens is 288 g/mol. The van der Waals surface area contributed by atoms with Gasteiger partial charge >= 0.3 is 0 Å². The third-order valence-corrected chi connectivity index (χ3v) is 3.53. The minimum atomic E-state index is 0.0310. The number of benzene rings is 1. The summed E-state index contributed by atoms with van der Waals surface area (Å²) in [5, 5.41) is 3.59. The molecule has 0 fully saturated rings. The second-order valence-corrected chi connectivity index (χ2v) is 5.22. The number of carbonyl (C=O) groups is 1. The van der Waals surface area contributed by atoms with E-state index in [4.69, 9.17) is 16.3 Å². The molecule has 0 saturated carbocycles. The van der Waals surface area contributed by atoms with Crippen molar-refractivity contribution in [3.8, 4) is 5.75 Å². The van der Waals surface area contributed by atoms with Crippen LogP contribution < -0.4 is 10.1 Å². The summed E-state index contributed by atoms with van der Waals surface area (Å²) < 4.78 is 5.48. The van der Waals surface area contributed by atoms with Crippen LogP contribution in [0.15, 0.2) is 24.3 Å². The van der Waals surface area contributed by atoms with E-state index < -0.39 is 0 Å². The maximum atomic E-state index is 11.6. The van der Waals surface area contributed by atoms with Gasteiger partial charge in [-0.05, 0) is 50.3 Å². The fourth-order valence-electron chi connectivity index (χ4n) is 1.95. The van der Waals surface area contributed by atoms with Crippen LogP contribution in [-0.4, -0.2) is 43.6 Å². The van der Waals surface area contributed by atoms with E-state index >= 15 is 0 Å². The molecule has 0 aliphatic heterocycles. The van der Waals surface area contributed by atoms with E-state index in [-0.39, 0.29) is 5.91 Å². The molecule has 118 valence electrons. The van der Waals surface area contributed by atoms with Crippen molar-refractivity contribution in [3.05, 3.63) is 29.3 Å². The highest BCUT2D eigenvalue weighted by Gasteiger charge is 2.03. The SMILES string of the molecule is CCN(CC)CCCNC(=O)CCOc1ccc(Cl)cc1. The van der Waals surface area contributed by atoms with Gasteiger partial charge in [-0.25, -0.2) is 0 Å². The quantitative estimate of drug-likeness (QED) is 0.675. The van der Waals surface area contributed by atoms with Gasteiger partial charge in [-0.2, -0.15) is 0 Å². The summed E-state index contributed by atoms with van der Waals surface area (Å²) in [6.45, 7) is 8.53. The molecule has 5 heteroatoms. The Hall–Kier alpha value is -1.26. The average Bonchev–Trinajstić information content (AvgIpc) is 2.49. The zero-order valence-corrected chi connectivity index (χ0v) is 13.7. The minimum absolute atomic E-state index is 0.0310. The maximum Gasteiger partial charge on any atom is 0.223 e. The summed E-state index contributed by atoms with van der Waals surface area (Å²) >= 11 is 5.79.